The molecule has 2 aliphatic heterocycles. The highest BCUT2D eigenvalue weighted by Crippen LogP contribution is 2.30. The summed E-state index contributed by atoms with van der Waals surface area (Å²) in [5.41, 5.74) is 0. The van der Waals surface area contributed by atoms with Crippen molar-refractivity contribution in [2.24, 2.45) is 5.92 Å². The van der Waals surface area contributed by atoms with Crippen molar-refractivity contribution in [2.75, 3.05) is 37.7 Å². The van der Waals surface area contributed by atoms with Crippen LogP contribution in [0.15, 0.2) is 48.7 Å². The minimum Gasteiger partial charge on any atom is -0.486 e. The van der Waals surface area contributed by atoms with E-state index in [0.717, 1.165) is 49.4 Å². The first kappa shape index (κ1) is 16.2. The van der Waals surface area contributed by atoms with Crippen molar-refractivity contribution in [3.63, 3.8) is 0 Å². The Morgan fingerprint density at radius 2 is 1.80 bits per heavy atom. The number of para-hydroxylation sites is 2. The van der Waals surface area contributed by atoms with Crippen molar-refractivity contribution in [2.45, 2.75) is 18.9 Å². The van der Waals surface area contributed by atoms with Crippen molar-refractivity contribution in [1.82, 2.24) is 10.3 Å². The molecule has 0 radical (unpaired) electrons. The fourth-order valence-electron chi connectivity index (χ4n) is 3.52. The molecule has 2 aliphatic rings. The summed E-state index contributed by atoms with van der Waals surface area (Å²) in [4.78, 5) is 6.83. The van der Waals surface area contributed by atoms with Crippen molar-refractivity contribution in [3.05, 3.63) is 48.7 Å². The van der Waals surface area contributed by atoms with Gasteiger partial charge in [-0.3, -0.25) is 0 Å². The van der Waals surface area contributed by atoms with Crippen molar-refractivity contribution in [1.29, 1.82) is 0 Å². The van der Waals surface area contributed by atoms with Crippen molar-refractivity contribution < 1.29 is 9.47 Å². The standard InChI is InChI=1S/C20H25N3O2/c1-2-6-19-18(5-1)24-15-17(25-19)14-21-13-16-8-11-23(12-9-16)20-7-3-4-10-22-20/h1-7,10,16-17,21H,8-9,11-15H2/t17-/m1/s1. The van der Waals surface area contributed by atoms with Crippen LogP contribution < -0.4 is 19.7 Å². The van der Waals surface area contributed by atoms with Gasteiger partial charge in [-0.1, -0.05) is 18.2 Å². The zero-order chi connectivity index (χ0) is 16.9. The predicted octanol–water partition coefficient (Wildman–Crippen LogP) is 2.73. The fourth-order valence-corrected chi connectivity index (χ4v) is 3.52. The molecule has 0 unspecified atom stereocenters. The summed E-state index contributed by atoms with van der Waals surface area (Å²) in [6, 6.07) is 14.0. The van der Waals surface area contributed by atoms with Gasteiger partial charge in [-0.2, -0.15) is 0 Å². The largest absolute Gasteiger partial charge is 0.486 e. The second-order valence-electron chi connectivity index (χ2n) is 6.77. The fraction of sp³-hybridized carbons (Fsp3) is 0.450. The lowest BCUT2D eigenvalue weighted by molar-refractivity contribution is 0.0894. The second kappa shape index (κ2) is 7.74. The number of nitrogens with one attached hydrogen (secondary N) is 1. The third kappa shape index (κ3) is 4.04. The number of hydrogen-bond donors (Lipinski definition) is 1. The third-order valence-corrected chi connectivity index (χ3v) is 4.96. The molecule has 5 nitrogen and oxygen atoms in total. The highest BCUT2D eigenvalue weighted by atomic mass is 16.6. The van der Waals surface area contributed by atoms with Crippen LogP contribution in [0.5, 0.6) is 11.5 Å². The molecule has 1 fully saturated rings. The molecule has 0 bridgehead atoms. The Bertz CT molecular complexity index is 672. The Morgan fingerprint density at radius 3 is 2.60 bits per heavy atom. The van der Waals surface area contributed by atoms with Crippen LogP contribution in [0.2, 0.25) is 0 Å². The Morgan fingerprint density at radius 1 is 1.00 bits per heavy atom. The first-order valence-electron chi connectivity index (χ1n) is 9.13. The lowest BCUT2D eigenvalue weighted by Crippen LogP contribution is -2.42. The first-order chi connectivity index (χ1) is 12.4. The van der Waals surface area contributed by atoms with Crippen molar-refractivity contribution >= 4 is 5.82 Å². The highest BCUT2D eigenvalue weighted by molar-refractivity contribution is 5.40. The van der Waals surface area contributed by atoms with E-state index in [0.29, 0.717) is 6.61 Å². The molecule has 1 aromatic carbocycles. The molecule has 4 rings (SSSR count). The highest BCUT2D eigenvalue weighted by Gasteiger charge is 2.22. The van der Waals surface area contributed by atoms with Crippen LogP contribution in [0.4, 0.5) is 5.82 Å². The van der Waals surface area contributed by atoms with E-state index in [1.54, 1.807) is 0 Å². The minimum absolute atomic E-state index is 0.0866. The van der Waals surface area contributed by atoms with Gasteiger partial charge < -0.3 is 19.7 Å². The summed E-state index contributed by atoms with van der Waals surface area (Å²) < 4.78 is 11.8. The summed E-state index contributed by atoms with van der Waals surface area (Å²) >= 11 is 0. The maximum absolute atomic E-state index is 5.99. The summed E-state index contributed by atoms with van der Waals surface area (Å²) in [6.45, 7) is 4.65. The number of anilines is 1. The number of rotatable bonds is 5. The van der Waals surface area contributed by atoms with Gasteiger partial charge in [0.25, 0.3) is 0 Å². The normalized spacial score (nSPS) is 20.5. The maximum Gasteiger partial charge on any atom is 0.161 e. The average molecular weight is 339 g/mol. The van der Waals surface area contributed by atoms with E-state index in [4.69, 9.17) is 9.47 Å². The van der Waals surface area contributed by atoms with E-state index >= 15 is 0 Å². The van der Waals surface area contributed by atoms with Crippen LogP contribution in [0.25, 0.3) is 0 Å². The molecule has 25 heavy (non-hydrogen) atoms. The number of nitrogens with zero attached hydrogens (tertiary/aromatic N) is 2. The topological polar surface area (TPSA) is 46.6 Å². The smallest absolute Gasteiger partial charge is 0.161 e. The Hall–Kier alpha value is -2.27. The van der Waals surface area contributed by atoms with Gasteiger partial charge >= 0.3 is 0 Å². The molecular weight excluding hydrogens is 314 g/mol. The Balaban J connectivity index is 1.18. The molecule has 132 valence electrons. The van der Waals surface area contributed by atoms with E-state index in [9.17, 15) is 0 Å². The number of benzene rings is 1. The number of piperidine rings is 1. The molecule has 5 heteroatoms. The second-order valence-corrected chi connectivity index (χ2v) is 6.77. The minimum atomic E-state index is 0.0866. The summed E-state index contributed by atoms with van der Waals surface area (Å²) in [6.07, 6.45) is 4.36. The molecule has 1 atom stereocenters. The van der Waals surface area contributed by atoms with Crippen molar-refractivity contribution in [3.8, 4) is 11.5 Å². The first-order valence-corrected chi connectivity index (χ1v) is 9.13. The molecule has 1 aromatic heterocycles. The van der Waals surface area contributed by atoms with E-state index in [-0.39, 0.29) is 6.10 Å². The number of hydrogen-bond acceptors (Lipinski definition) is 5. The van der Waals surface area contributed by atoms with Crippen LogP contribution >= 0.6 is 0 Å². The van der Waals surface area contributed by atoms with Gasteiger partial charge in [-0.05, 0) is 49.6 Å². The summed E-state index contributed by atoms with van der Waals surface area (Å²) in [5.74, 6) is 3.52. The zero-order valence-corrected chi connectivity index (χ0v) is 14.4. The van der Waals surface area contributed by atoms with E-state index in [2.05, 4.69) is 27.3 Å². The van der Waals surface area contributed by atoms with Gasteiger partial charge in [-0.15, -0.1) is 0 Å². The molecule has 1 N–H and O–H groups in total. The third-order valence-electron chi connectivity index (χ3n) is 4.96. The number of fused-ring (bicyclic) bond motifs is 1. The number of pyridine rings is 1. The van der Waals surface area contributed by atoms with Gasteiger partial charge in [0.2, 0.25) is 0 Å². The van der Waals surface area contributed by atoms with Gasteiger partial charge in [-0.25, -0.2) is 4.98 Å². The molecule has 0 aliphatic carbocycles. The van der Waals surface area contributed by atoms with Crippen LogP contribution in [-0.4, -0.2) is 43.9 Å². The van der Waals surface area contributed by atoms with Gasteiger partial charge in [0, 0.05) is 25.8 Å². The average Bonchev–Trinajstić information content (AvgIpc) is 2.69. The molecule has 0 amide bonds. The van der Waals surface area contributed by atoms with Crippen LogP contribution in [0.1, 0.15) is 12.8 Å². The number of ether oxygens (including phenoxy) is 2. The molecular formula is C20H25N3O2. The van der Waals surface area contributed by atoms with Gasteiger partial charge in [0.1, 0.15) is 18.5 Å². The lowest BCUT2D eigenvalue weighted by Gasteiger charge is -2.33. The Kier molecular flexibility index (Phi) is 5.02. The maximum atomic E-state index is 5.99. The van der Waals surface area contributed by atoms with Crippen LogP contribution in [0, 0.1) is 5.92 Å². The van der Waals surface area contributed by atoms with E-state index in [1.165, 1.54) is 12.8 Å². The molecule has 1 saturated heterocycles. The van der Waals surface area contributed by atoms with E-state index < -0.39 is 0 Å². The summed E-state index contributed by atoms with van der Waals surface area (Å²) in [7, 11) is 0. The SMILES string of the molecule is c1ccc(N2CCC(CNC[C@@H]3COc4ccccc4O3)CC2)nc1. The molecule has 2 aromatic rings. The monoisotopic (exact) mass is 339 g/mol. The zero-order valence-electron chi connectivity index (χ0n) is 14.4. The lowest BCUT2D eigenvalue weighted by atomic mass is 9.96. The van der Waals surface area contributed by atoms with Gasteiger partial charge in [0.05, 0.1) is 0 Å². The quantitative estimate of drug-likeness (QED) is 0.908. The molecule has 0 saturated carbocycles. The molecule has 3 heterocycles. The summed E-state index contributed by atoms with van der Waals surface area (Å²) in [5, 5.41) is 3.57. The predicted molar refractivity (Wildman–Crippen MR) is 98.4 cm³/mol. The number of aromatic nitrogens is 1. The van der Waals surface area contributed by atoms with Crippen LogP contribution in [-0.2, 0) is 0 Å². The van der Waals surface area contributed by atoms with Crippen LogP contribution in [0.3, 0.4) is 0 Å². The Labute approximate surface area is 149 Å². The van der Waals surface area contributed by atoms with Gasteiger partial charge in [0.15, 0.2) is 11.5 Å². The van der Waals surface area contributed by atoms with E-state index in [1.807, 2.05) is 36.5 Å². The molecule has 0 spiro atoms.